The zero-order valence-electron chi connectivity index (χ0n) is 9.00. The quantitative estimate of drug-likeness (QED) is 0.682. The Labute approximate surface area is 88.0 Å². The molecule has 0 aromatic carbocycles. The maximum atomic E-state index is 8.64. The number of nitrogens with two attached hydrogens (primary N) is 1. The highest BCUT2D eigenvalue weighted by molar-refractivity contribution is 5.80. The van der Waals surface area contributed by atoms with E-state index in [1.807, 2.05) is 26.8 Å². The number of rotatable bonds is 0. The Balaban J connectivity index is 0.000000531. The van der Waals surface area contributed by atoms with E-state index in [0.717, 1.165) is 11.1 Å². The summed E-state index contributed by atoms with van der Waals surface area (Å²) in [5.41, 5.74) is 7.31. The number of hydrogen-bond donors (Lipinski definition) is 2. The van der Waals surface area contributed by atoms with Crippen molar-refractivity contribution in [2.24, 2.45) is 0 Å². The van der Waals surface area contributed by atoms with Crippen molar-refractivity contribution in [2.45, 2.75) is 20.8 Å². The van der Waals surface area contributed by atoms with Gasteiger partial charge in [0.2, 0.25) is 5.95 Å². The Kier molecular flexibility index (Phi) is 3.24. The summed E-state index contributed by atoms with van der Waals surface area (Å²) in [6, 6.07) is 3.71. The first-order valence-electron chi connectivity index (χ1n) is 4.73. The van der Waals surface area contributed by atoms with Crippen LogP contribution in [-0.2, 0) is 0 Å². The summed E-state index contributed by atoms with van der Waals surface area (Å²) in [5.74, 6) is 0.219. The molecular formula is C10H13N5. The van der Waals surface area contributed by atoms with Crippen LogP contribution in [0.2, 0.25) is 0 Å². The lowest BCUT2D eigenvalue weighted by Gasteiger charge is -1.95. The molecule has 2 heterocycles. The molecule has 78 valence electrons. The van der Waals surface area contributed by atoms with Crippen molar-refractivity contribution in [3.8, 4) is 6.07 Å². The molecule has 5 nitrogen and oxygen atoms in total. The maximum Gasteiger partial charge on any atom is 0.222 e. The molecule has 0 aliphatic carbocycles. The number of aryl methyl sites for hydroxylation is 1. The number of aromatic amines is 1. The molecule has 0 amide bonds. The maximum absolute atomic E-state index is 8.64. The lowest BCUT2D eigenvalue weighted by molar-refractivity contribution is 1.16. The third-order valence-electron chi connectivity index (χ3n) is 1.82. The molecule has 0 aliphatic rings. The van der Waals surface area contributed by atoms with Gasteiger partial charge in [-0.05, 0) is 13.0 Å². The summed E-state index contributed by atoms with van der Waals surface area (Å²) in [7, 11) is 0. The number of hydrogen-bond acceptors (Lipinski definition) is 4. The van der Waals surface area contributed by atoms with E-state index in [4.69, 9.17) is 11.0 Å². The summed E-state index contributed by atoms with van der Waals surface area (Å²) >= 11 is 0. The van der Waals surface area contributed by atoms with Crippen LogP contribution in [0.4, 0.5) is 5.95 Å². The minimum absolute atomic E-state index is 0.219. The van der Waals surface area contributed by atoms with Crippen molar-refractivity contribution < 1.29 is 0 Å². The van der Waals surface area contributed by atoms with Crippen molar-refractivity contribution in [2.75, 3.05) is 5.73 Å². The van der Waals surface area contributed by atoms with E-state index in [1.54, 1.807) is 6.07 Å². The van der Waals surface area contributed by atoms with Crippen molar-refractivity contribution in [1.29, 1.82) is 5.26 Å². The standard InChI is InChI=1S/C8H7N5.C2H6/c1-4-6-2-5(3-9)12-7(6)13-8(10)11-4;1-2/h2H,1H3,(H3,10,11,12,13);1-2H3. The first-order valence-corrected chi connectivity index (χ1v) is 4.73. The van der Waals surface area contributed by atoms with Gasteiger partial charge in [-0.25, -0.2) is 4.98 Å². The highest BCUT2D eigenvalue weighted by Gasteiger charge is 2.05. The number of nitriles is 1. The lowest BCUT2D eigenvalue weighted by Crippen LogP contribution is -1.96. The Morgan fingerprint density at radius 2 is 2.07 bits per heavy atom. The van der Waals surface area contributed by atoms with E-state index >= 15 is 0 Å². The molecule has 0 saturated carbocycles. The first-order chi connectivity index (χ1) is 7.20. The molecule has 0 bridgehead atoms. The minimum Gasteiger partial charge on any atom is -0.368 e. The SMILES string of the molecule is CC.Cc1nc(N)nc2[nH]c(C#N)cc12. The predicted molar refractivity (Wildman–Crippen MR) is 59.1 cm³/mol. The molecule has 2 aromatic rings. The summed E-state index contributed by atoms with van der Waals surface area (Å²) < 4.78 is 0. The second-order valence-electron chi connectivity index (χ2n) is 2.72. The average molecular weight is 203 g/mol. The lowest BCUT2D eigenvalue weighted by atomic mass is 10.3. The first kappa shape index (κ1) is 11.0. The highest BCUT2D eigenvalue weighted by Crippen LogP contribution is 2.16. The fourth-order valence-electron chi connectivity index (χ4n) is 1.24. The molecule has 0 aliphatic heterocycles. The van der Waals surface area contributed by atoms with Crippen LogP contribution >= 0.6 is 0 Å². The van der Waals surface area contributed by atoms with Crippen molar-refractivity contribution in [1.82, 2.24) is 15.0 Å². The van der Waals surface area contributed by atoms with Gasteiger partial charge in [0.15, 0.2) is 0 Å². The van der Waals surface area contributed by atoms with Crippen LogP contribution in [0.3, 0.4) is 0 Å². The molecule has 0 radical (unpaired) electrons. The second kappa shape index (κ2) is 4.42. The van der Waals surface area contributed by atoms with Gasteiger partial charge in [-0.1, -0.05) is 13.8 Å². The largest absolute Gasteiger partial charge is 0.368 e. The Hall–Kier alpha value is -2.09. The Bertz CT molecular complexity index is 506. The van der Waals surface area contributed by atoms with Gasteiger partial charge in [0.25, 0.3) is 0 Å². The molecule has 0 atom stereocenters. The van der Waals surface area contributed by atoms with Crippen molar-refractivity contribution >= 4 is 17.0 Å². The number of anilines is 1. The van der Waals surface area contributed by atoms with Gasteiger partial charge < -0.3 is 10.7 Å². The minimum atomic E-state index is 0.219. The van der Waals surface area contributed by atoms with E-state index in [0.29, 0.717) is 11.3 Å². The van der Waals surface area contributed by atoms with E-state index in [-0.39, 0.29) is 5.95 Å². The zero-order chi connectivity index (χ0) is 11.4. The van der Waals surface area contributed by atoms with Gasteiger partial charge in [-0.15, -0.1) is 0 Å². The summed E-state index contributed by atoms with van der Waals surface area (Å²) in [6.45, 7) is 5.83. The third kappa shape index (κ3) is 2.05. The summed E-state index contributed by atoms with van der Waals surface area (Å²) in [5, 5.41) is 9.48. The topological polar surface area (TPSA) is 91.4 Å². The third-order valence-corrected chi connectivity index (χ3v) is 1.82. The van der Waals surface area contributed by atoms with Crippen LogP contribution in [-0.4, -0.2) is 15.0 Å². The number of nitrogens with one attached hydrogen (secondary N) is 1. The molecule has 3 N–H and O–H groups in total. The molecule has 0 saturated heterocycles. The van der Waals surface area contributed by atoms with Crippen LogP contribution in [0, 0.1) is 18.3 Å². The van der Waals surface area contributed by atoms with Crippen molar-refractivity contribution in [3.05, 3.63) is 17.5 Å². The fourth-order valence-corrected chi connectivity index (χ4v) is 1.24. The molecule has 15 heavy (non-hydrogen) atoms. The fraction of sp³-hybridized carbons (Fsp3) is 0.300. The Morgan fingerprint density at radius 1 is 1.40 bits per heavy atom. The normalized spacial score (nSPS) is 9.20. The monoisotopic (exact) mass is 203 g/mol. The average Bonchev–Trinajstić information content (AvgIpc) is 2.64. The van der Waals surface area contributed by atoms with Gasteiger partial charge in [0.1, 0.15) is 17.4 Å². The number of nitrogen functional groups attached to an aromatic ring is 1. The number of H-pyrrole nitrogens is 1. The zero-order valence-corrected chi connectivity index (χ0v) is 9.00. The molecule has 0 fully saturated rings. The van der Waals surface area contributed by atoms with Crippen LogP contribution in [0.25, 0.3) is 11.0 Å². The number of aromatic nitrogens is 3. The van der Waals surface area contributed by atoms with E-state index in [1.165, 1.54) is 0 Å². The van der Waals surface area contributed by atoms with Crippen LogP contribution in [0.15, 0.2) is 6.07 Å². The molecule has 2 aromatic heterocycles. The Morgan fingerprint density at radius 3 is 2.67 bits per heavy atom. The van der Waals surface area contributed by atoms with Gasteiger partial charge in [0, 0.05) is 5.39 Å². The molecule has 0 unspecified atom stereocenters. The van der Waals surface area contributed by atoms with E-state index in [2.05, 4.69) is 15.0 Å². The van der Waals surface area contributed by atoms with Crippen LogP contribution in [0.5, 0.6) is 0 Å². The molecule has 2 rings (SSSR count). The van der Waals surface area contributed by atoms with Gasteiger partial charge in [0.05, 0.1) is 5.69 Å². The van der Waals surface area contributed by atoms with Crippen LogP contribution in [0.1, 0.15) is 25.2 Å². The highest BCUT2D eigenvalue weighted by atomic mass is 15.0. The molecular weight excluding hydrogens is 190 g/mol. The van der Waals surface area contributed by atoms with Crippen molar-refractivity contribution in [3.63, 3.8) is 0 Å². The summed E-state index contributed by atoms with van der Waals surface area (Å²) in [4.78, 5) is 10.8. The van der Waals surface area contributed by atoms with Gasteiger partial charge in [-0.3, -0.25) is 0 Å². The van der Waals surface area contributed by atoms with E-state index < -0.39 is 0 Å². The smallest absolute Gasteiger partial charge is 0.222 e. The number of nitrogens with zero attached hydrogens (tertiary/aromatic N) is 3. The second-order valence-corrected chi connectivity index (χ2v) is 2.72. The predicted octanol–water partition coefficient (Wildman–Crippen LogP) is 1.75. The number of fused-ring (bicyclic) bond motifs is 1. The summed E-state index contributed by atoms with van der Waals surface area (Å²) in [6.07, 6.45) is 0. The van der Waals surface area contributed by atoms with Gasteiger partial charge >= 0.3 is 0 Å². The van der Waals surface area contributed by atoms with Crippen LogP contribution < -0.4 is 5.73 Å². The van der Waals surface area contributed by atoms with E-state index in [9.17, 15) is 0 Å². The van der Waals surface area contributed by atoms with Gasteiger partial charge in [-0.2, -0.15) is 10.2 Å². The molecule has 0 spiro atoms. The molecule has 5 heteroatoms.